The van der Waals surface area contributed by atoms with Crippen LogP contribution in [0.4, 0.5) is 0 Å². The van der Waals surface area contributed by atoms with E-state index in [1.807, 2.05) is 0 Å². The summed E-state index contributed by atoms with van der Waals surface area (Å²) in [5.74, 6) is -0.198. The third-order valence-corrected chi connectivity index (χ3v) is 3.61. The van der Waals surface area contributed by atoms with Gasteiger partial charge in [-0.2, -0.15) is 0 Å². The molecule has 1 saturated carbocycles. The van der Waals surface area contributed by atoms with Crippen LogP contribution in [0.3, 0.4) is 0 Å². The predicted molar refractivity (Wildman–Crippen MR) is 68.1 cm³/mol. The van der Waals surface area contributed by atoms with Crippen molar-refractivity contribution in [2.45, 2.75) is 44.0 Å². The summed E-state index contributed by atoms with van der Waals surface area (Å²) < 4.78 is 11.9. The zero-order valence-electron chi connectivity index (χ0n) is 11.2. The molecule has 4 heteroatoms. The molecule has 4 nitrogen and oxygen atoms in total. The molecular formula is C13H26N2O2. The van der Waals surface area contributed by atoms with Gasteiger partial charge in [0.25, 0.3) is 0 Å². The number of nitrogens with one attached hydrogen (secondary N) is 1. The highest BCUT2D eigenvalue weighted by molar-refractivity contribution is 4.84. The summed E-state index contributed by atoms with van der Waals surface area (Å²) in [5, 5.41) is 3.46. The summed E-state index contributed by atoms with van der Waals surface area (Å²) in [6.45, 7) is 3.89. The van der Waals surface area contributed by atoms with E-state index < -0.39 is 0 Å². The molecule has 1 N–H and O–H groups in total. The first kappa shape index (κ1) is 13.3. The molecule has 17 heavy (non-hydrogen) atoms. The van der Waals surface area contributed by atoms with E-state index in [2.05, 4.69) is 24.3 Å². The van der Waals surface area contributed by atoms with E-state index in [0.29, 0.717) is 0 Å². The minimum Gasteiger partial charge on any atom is -0.347 e. The molecule has 1 aliphatic carbocycles. The van der Waals surface area contributed by atoms with Crippen LogP contribution in [0.25, 0.3) is 0 Å². The number of hydrogen-bond donors (Lipinski definition) is 1. The molecule has 0 radical (unpaired) electrons. The van der Waals surface area contributed by atoms with Gasteiger partial charge in [0.15, 0.2) is 5.79 Å². The lowest BCUT2D eigenvalue weighted by atomic mass is 10.2. The quantitative estimate of drug-likeness (QED) is 0.710. The molecule has 2 rings (SSSR count). The van der Waals surface area contributed by atoms with Crippen molar-refractivity contribution in [1.82, 2.24) is 10.2 Å². The van der Waals surface area contributed by atoms with Crippen molar-refractivity contribution in [2.24, 2.45) is 0 Å². The van der Waals surface area contributed by atoms with Crippen molar-refractivity contribution in [2.75, 3.05) is 40.3 Å². The second-order valence-electron chi connectivity index (χ2n) is 5.53. The predicted octanol–water partition coefficient (Wildman–Crippen LogP) is 1.21. The highest BCUT2D eigenvalue weighted by atomic mass is 16.7. The Morgan fingerprint density at radius 1 is 1.29 bits per heavy atom. The number of ether oxygens (including phenoxy) is 2. The SMILES string of the molecule is CN(C)CCCNC[C@H]1COC2(CCCC2)O1. The van der Waals surface area contributed by atoms with Crippen LogP contribution in [-0.4, -0.2) is 57.1 Å². The number of hydrogen-bond acceptors (Lipinski definition) is 4. The van der Waals surface area contributed by atoms with E-state index in [-0.39, 0.29) is 11.9 Å². The average molecular weight is 242 g/mol. The van der Waals surface area contributed by atoms with Gasteiger partial charge in [-0.3, -0.25) is 0 Å². The van der Waals surface area contributed by atoms with E-state index in [0.717, 1.165) is 39.1 Å². The van der Waals surface area contributed by atoms with Crippen LogP contribution in [-0.2, 0) is 9.47 Å². The molecule has 2 fully saturated rings. The summed E-state index contributed by atoms with van der Waals surface area (Å²) in [6.07, 6.45) is 6.12. The van der Waals surface area contributed by atoms with Gasteiger partial charge >= 0.3 is 0 Å². The molecular weight excluding hydrogens is 216 g/mol. The van der Waals surface area contributed by atoms with E-state index in [9.17, 15) is 0 Å². The lowest BCUT2D eigenvalue weighted by molar-refractivity contribution is -0.161. The molecule has 0 amide bonds. The van der Waals surface area contributed by atoms with Gasteiger partial charge in [-0.05, 0) is 46.4 Å². The van der Waals surface area contributed by atoms with Crippen LogP contribution < -0.4 is 5.32 Å². The van der Waals surface area contributed by atoms with Gasteiger partial charge in [-0.15, -0.1) is 0 Å². The van der Waals surface area contributed by atoms with Crippen LogP contribution in [0.2, 0.25) is 0 Å². The zero-order valence-corrected chi connectivity index (χ0v) is 11.2. The number of rotatable bonds is 6. The van der Waals surface area contributed by atoms with E-state index in [1.54, 1.807) is 0 Å². The molecule has 0 bridgehead atoms. The Labute approximate surface area is 105 Å². The molecule has 1 saturated heterocycles. The Hall–Kier alpha value is -0.160. The molecule has 0 aromatic rings. The highest BCUT2D eigenvalue weighted by Crippen LogP contribution is 2.38. The van der Waals surface area contributed by atoms with Crippen molar-refractivity contribution < 1.29 is 9.47 Å². The van der Waals surface area contributed by atoms with Crippen molar-refractivity contribution in [3.63, 3.8) is 0 Å². The molecule has 1 atom stereocenters. The minimum atomic E-state index is -0.198. The van der Waals surface area contributed by atoms with Gasteiger partial charge in [0.1, 0.15) is 0 Å². The first-order valence-corrected chi connectivity index (χ1v) is 6.87. The first-order valence-electron chi connectivity index (χ1n) is 6.87. The van der Waals surface area contributed by atoms with Crippen LogP contribution in [0.5, 0.6) is 0 Å². The second kappa shape index (κ2) is 6.14. The second-order valence-corrected chi connectivity index (χ2v) is 5.53. The fraction of sp³-hybridized carbons (Fsp3) is 1.00. The van der Waals surface area contributed by atoms with E-state index in [1.165, 1.54) is 19.3 Å². The third-order valence-electron chi connectivity index (χ3n) is 3.61. The first-order chi connectivity index (χ1) is 8.20. The van der Waals surface area contributed by atoms with Gasteiger partial charge in [0.05, 0.1) is 12.7 Å². The molecule has 1 spiro atoms. The maximum atomic E-state index is 6.04. The minimum absolute atomic E-state index is 0.198. The molecule has 0 aromatic carbocycles. The summed E-state index contributed by atoms with van der Waals surface area (Å²) in [7, 11) is 4.22. The lowest BCUT2D eigenvalue weighted by Gasteiger charge is -2.22. The van der Waals surface area contributed by atoms with Gasteiger partial charge in [0, 0.05) is 19.4 Å². The summed E-state index contributed by atoms with van der Waals surface area (Å²) >= 11 is 0. The lowest BCUT2D eigenvalue weighted by Crippen LogP contribution is -2.33. The maximum Gasteiger partial charge on any atom is 0.168 e. The van der Waals surface area contributed by atoms with E-state index in [4.69, 9.17) is 9.47 Å². The fourth-order valence-electron chi connectivity index (χ4n) is 2.68. The highest BCUT2D eigenvalue weighted by Gasteiger charge is 2.43. The van der Waals surface area contributed by atoms with Crippen molar-refractivity contribution in [3.8, 4) is 0 Å². The van der Waals surface area contributed by atoms with Crippen molar-refractivity contribution in [3.05, 3.63) is 0 Å². The zero-order chi connectivity index (χ0) is 12.1. The van der Waals surface area contributed by atoms with Crippen LogP contribution >= 0.6 is 0 Å². The molecule has 1 heterocycles. The summed E-state index contributed by atoms with van der Waals surface area (Å²) in [4.78, 5) is 2.21. The Kier molecular flexibility index (Phi) is 4.79. The maximum absolute atomic E-state index is 6.04. The smallest absolute Gasteiger partial charge is 0.168 e. The number of nitrogens with zero attached hydrogens (tertiary/aromatic N) is 1. The van der Waals surface area contributed by atoms with Crippen LogP contribution in [0.15, 0.2) is 0 Å². The Bertz CT molecular complexity index is 227. The monoisotopic (exact) mass is 242 g/mol. The molecule has 0 unspecified atom stereocenters. The molecule has 1 aliphatic heterocycles. The summed E-state index contributed by atoms with van der Waals surface area (Å²) in [5.41, 5.74) is 0. The van der Waals surface area contributed by atoms with Crippen LogP contribution in [0.1, 0.15) is 32.1 Å². The summed E-state index contributed by atoms with van der Waals surface area (Å²) in [6, 6.07) is 0. The standard InChI is InChI=1S/C13H26N2O2/c1-15(2)9-5-8-14-10-12-11-16-13(17-12)6-3-4-7-13/h12,14H,3-11H2,1-2H3/t12-/m0/s1. The molecule has 100 valence electrons. The van der Waals surface area contributed by atoms with Crippen LogP contribution in [0, 0.1) is 0 Å². The van der Waals surface area contributed by atoms with E-state index >= 15 is 0 Å². The average Bonchev–Trinajstić information content (AvgIpc) is 2.89. The normalized spacial score (nSPS) is 27.4. The molecule has 2 aliphatic rings. The van der Waals surface area contributed by atoms with Gasteiger partial charge in [0.2, 0.25) is 0 Å². The van der Waals surface area contributed by atoms with Crippen molar-refractivity contribution in [1.29, 1.82) is 0 Å². The fourth-order valence-corrected chi connectivity index (χ4v) is 2.68. The van der Waals surface area contributed by atoms with Gasteiger partial charge < -0.3 is 19.7 Å². The Morgan fingerprint density at radius 2 is 2.06 bits per heavy atom. The van der Waals surface area contributed by atoms with Gasteiger partial charge in [-0.1, -0.05) is 0 Å². The largest absolute Gasteiger partial charge is 0.347 e. The Balaban J connectivity index is 1.55. The Morgan fingerprint density at radius 3 is 2.76 bits per heavy atom. The topological polar surface area (TPSA) is 33.7 Å². The van der Waals surface area contributed by atoms with Crippen molar-refractivity contribution >= 4 is 0 Å². The molecule has 0 aromatic heterocycles. The third kappa shape index (κ3) is 3.91. The van der Waals surface area contributed by atoms with Gasteiger partial charge in [-0.25, -0.2) is 0 Å².